The third-order valence-corrected chi connectivity index (χ3v) is 4.55. The molecular formula is C17H21BrN6O. The molecule has 1 aromatic carbocycles. The fourth-order valence-corrected chi connectivity index (χ4v) is 3.20. The van der Waals surface area contributed by atoms with Crippen LogP contribution in [0.1, 0.15) is 30.8 Å². The van der Waals surface area contributed by atoms with E-state index >= 15 is 0 Å². The zero-order valence-corrected chi connectivity index (χ0v) is 16.3. The zero-order chi connectivity index (χ0) is 18.0. The summed E-state index contributed by atoms with van der Waals surface area (Å²) < 4.78 is 8.16. The van der Waals surface area contributed by atoms with E-state index in [2.05, 4.69) is 54.5 Å². The van der Waals surface area contributed by atoms with Gasteiger partial charge in [0.05, 0.1) is 12.6 Å². The topological polar surface area (TPSA) is 77.8 Å². The van der Waals surface area contributed by atoms with Gasteiger partial charge in [-0.2, -0.15) is 0 Å². The predicted molar refractivity (Wildman–Crippen MR) is 101 cm³/mol. The number of ether oxygens (including phenoxy) is 1. The first-order chi connectivity index (χ1) is 12.0. The summed E-state index contributed by atoms with van der Waals surface area (Å²) in [5.41, 5.74) is 3.45. The summed E-state index contributed by atoms with van der Waals surface area (Å²) in [6.45, 7) is 6.57. The molecule has 0 aliphatic carbocycles. The Hall–Kier alpha value is -2.06. The molecule has 0 fully saturated rings. The Kier molecular flexibility index (Phi) is 5.29. The quantitative estimate of drug-likeness (QED) is 0.670. The summed E-state index contributed by atoms with van der Waals surface area (Å²) >= 11 is 3.48. The van der Waals surface area contributed by atoms with Gasteiger partial charge in [-0.15, -0.1) is 5.10 Å². The fraction of sp³-hybridized carbons (Fsp3) is 0.412. The molecule has 2 aromatic heterocycles. The van der Waals surface area contributed by atoms with Crippen molar-refractivity contribution in [2.75, 3.05) is 19.0 Å². The molecule has 132 valence electrons. The number of halogens is 1. The molecule has 2 heterocycles. The lowest BCUT2D eigenvalue weighted by molar-refractivity contribution is 0.148. The van der Waals surface area contributed by atoms with Crippen molar-refractivity contribution < 1.29 is 4.74 Å². The highest BCUT2D eigenvalue weighted by Gasteiger charge is 2.19. The second-order valence-corrected chi connectivity index (χ2v) is 6.84. The third-order valence-electron chi connectivity index (χ3n) is 4.05. The van der Waals surface area contributed by atoms with Crippen LogP contribution in [0.15, 0.2) is 22.7 Å². The van der Waals surface area contributed by atoms with Crippen molar-refractivity contribution in [3.05, 3.63) is 34.1 Å². The molecule has 0 radical (unpaired) electrons. The van der Waals surface area contributed by atoms with Crippen LogP contribution in [-0.2, 0) is 4.74 Å². The van der Waals surface area contributed by atoms with Crippen LogP contribution >= 0.6 is 15.9 Å². The Morgan fingerprint density at radius 2 is 2.08 bits per heavy atom. The van der Waals surface area contributed by atoms with Crippen molar-refractivity contribution in [3.63, 3.8) is 0 Å². The highest BCUT2D eigenvalue weighted by Crippen LogP contribution is 2.27. The number of anilines is 2. The molecule has 1 N–H and O–H groups in total. The van der Waals surface area contributed by atoms with Crippen molar-refractivity contribution in [2.45, 2.75) is 33.2 Å². The van der Waals surface area contributed by atoms with Gasteiger partial charge in [-0.3, -0.25) is 0 Å². The molecule has 0 saturated heterocycles. The van der Waals surface area contributed by atoms with Crippen molar-refractivity contribution >= 4 is 38.6 Å². The van der Waals surface area contributed by atoms with Crippen molar-refractivity contribution in [2.24, 2.45) is 0 Å². The van der Waals surface area contributed by atoms with Crippen LogP contribution in [0.25, 0.3) is 11.2 Å². The molecule has 25 heavy (non-hydrogen) atoms. The van der Waals surface area contributed by atoms with Crippen molar-refractivity contribution in [1.82, 2.24) is 25.0 Å². The molecule has 7 nitrogen and oxygen atoms in total. The molecule has 1 unspecified atom stereocenters. The molecule has 3 aromatic rings. The Morgan fingerprint density at radius 1 is 1.28 bits per heavy atom. The van der Waals surface area contributed by atoms with Crippen LogP contribution < -0.4 is 5.32 Å². The van der Waals surface area contributed by atoms with Gasteiger partial charge in [0.25, 0.3) is 0 Å². The number of aromatic nitrogens is 5. The summed E-state index contributed by atoms with van der Waals surface area (Å²) in [6, 6.07) is 6.14. The second kappa shape index (κ2) is 7.45. The monoisotopic (exact) mass is 404 g/mol. The smallest absolute Gasteiger partial charge is 0.184 e. The maximum atomic E-state index is 5.30. The van der Waals surface area contributed by atoms with E-state index in [-0.39, 0.29) is 6.04 Å². The zero-order valence-electron chi connectivity index (χ0n) is 14.7. The van der Waals surface area contributed by atoms with Gasteiger partial charge in [-0.05, 0) is 44.0 Å². The number of fused-ring (bicyclic) bond motifs is 1. The number of methoxy groups -OCH3 is 1. The maximum Gasteiger partial charge on any atom is 0.184 e. The first kappa shape index (κ1) is 17.8. The van der Waals surface area contributed by atoms with Gasteiger partial charge in [0.2, 0.25) is 0 Å². The lowest BCUT2D eigenvalue weighted by Crippen LogP contribution is -2.16. The molecule has 0 aliphatic heterocycles. The summed E-state index contributed by atoms with van der Waals surface area (Å²) in [6.07, 6.45) is 0.879. The number of nitrogens with zero attached hydrogens (tertiary/aromatic N) is 5. The highest BCUT2D eigenvalue weighted by atomic mass is 79.9. The van der Waals surface area contributed by atoms with E-state index in [4.69, 9.17) is 4.74 Å². The first-order valence-corrected chi connectivity index (χ1v) is 8.94. The van der Waals surface area contributed by atoms with Crippen LogP contribution in [0.4, 0.5) is 11.5 Å². The molecule has 0 aliphatic rings. The number of nitrogens with one attached hydrogen (secondary N) is 1. The minimum atomic E-state index is 0.0894. The lowest BCUT2D eigenvalue weighted by Gasteiger charge is -2.14. The van der Waals surface area contributed by atoms with E-state index in [0.717, 1.165) is 22.1 Å². The van der Waals surface area contributed by atoms with E-state index in [1.165, 1.54) is 0 Å². The largest absolute Gasteiger partial charge is 0.382 e. The highest BCUT2D eigenvalue weighted by molar-refractivity contribution is 9.10. The van der Waals surface area contributed by atoms with Gasteiger partial charge in [0.1, 0.15) is 5.82 Å². The van der Waals surface area contributed by atoms with Gasteiger partial charge in [-0.1, -0.05) is 28.1 Å². The Balaban J connectivity index is 2.05. The molecule has 0 bridgehead atoms. The number of hydrogen-bond donors (Lipinski definition) is 1. The standard InChI is InChI=1S/C17H21BrN6O/c1-5-13(9-25-4)24-17-15(22-23-24)16(19-11(3)20-17)21-14-7-6-12(18)8-10(14)2/h6-8,13H,5,9H2,1-4H3,(H,19,20,21). The van der Waals surface area contributed by atoms with Gasteiger partial charge in [-0.25, -0.2) is 14.6 Å². The Labute approximate surface area is 154 Å². The van der Waals surface area contributed by atoms with Crippen molar-refractivity contribution in [1.29, 1.82) is 0 Å². The predicted octanol–water partition coefficient (Wildman–Crippen LogP) is 3.94. The average molecular weight is 405 g/mol. The SMILES string of the molecule is CCC(COC)n1nnc2c(Nc3ccc(Br)cc3C)nc(C)nc21. The summed E-state index contributed by atoms with van der Waals surface area (Å²) in [7, 11) is 1.69. The molecular weight excluding hydrogens is 384 g/mol. The van der Waals surface area contributed by atoms with Crippen LogP contribution in [-0.4, -0.2) is 38.7 Å². The minimum absolute atomic E-state index is 0.0894. The number of rotatable bonds is 6. The second-order valence-electron chi connectivity index (χ2n) is 5.93. The average Bonchev–Trinajstić information content (AvgIpc) is 2.99. The minimum Gasteiger partial charge on any atom is -0.382 e. The molecule has 0 amide bonds. The number of benzene rings is 1. The van der Waals surface area contributed by atoms with E-state index in [0.29, 0.717) is 29.4 Å². The third kappa shape index (κ3) is 3.64. The number of hydrogen-bond acceptors (Lipinski definition) is 6. The first-order valence-electron chi connectivity index (χ1n) is 8.15. The van der Waals surface area contributed by atoms with Crippen LogP contribution in [0.2, 0.25) is 0 Å². The Morgan fingerprint density at radius 3 is 2.76 bits per heavy atom. The fourth-order valence-electron chi connectivity index (χ4n) is 2.72. The lowest BCUT2D eigenvalue weighted by atomic mass is 10.2. The van der Waals surface area contributed by atoms with E-state index < -0.39 is 0 Å². The molecule has 0 spiro atoms. The maximum absolute atomic E-state index is 5.30. The van der Waals surface area contributed by atoms with Gasteiger partial charge in [0.15, 0.2) is 17.0 Å². The molecule has 0 saturated carbocycles. The Bertz CT molecular complexity index is 894. The number of aryl methyl sites for hydroxylation is 2. The summed E-state index contributed by atoms with van der Waals surface area (Å²) in [5, 5.41) is 12.0. The molecule has 1 atom stereocenters. The van der Waals surface area contributed by atoms with Crippen LogP contribution in [0.5, 0.6) is 0 Å². The van der Waals surface area contributed by atoms with Gasteiger partial charge < -0.3 is 10.1 Å². The van der Waals surface area contributed by atoms with Crippen LogP contribution in [0.3, 0.4) is 0 Å². The molecule has 8 heteroatoms. The van der Waals surface area contributed by atoms with E-state index in [9.17, 15) is 0 Å². The van der Waals surface area contributed by atoms with Crippen LogP contribution in [0, 0.1) is 13.8 Å². The summed E-state index contributed by atoms with van der Waals surface area (Å²) in [4.78, 5) is 9.07. The normalized spacial score (nSPS) is 12.5. The van der Waals surface area contributed by atoms with E-state index in [1.54, 1.807) is 7.11 Å². The van der Waals surface area contributed by atoms with Gasteiger partial charge >= 0.3 is 0 Å². The van der Waals surface area contributed by atoms with E-state index in [1.807, 2.05) is 30.7 Å². The van der Waals surface area contributed by atoms with Crippen molar-refractivity contribution in [3.8, 4) is 0 Å². The van der Waals surface area contributed by atoms with Gasteiger partial charge in [0, 0.05) is 17.3 Å². The summed E-state index contributed by atoms with van der Waals surface area (Å²) in [5.74, 6) is 1.33. The molecule has 3 rings (SSSR count).